The third-order valence-electron chi connectivity index (χ3n) is 4.04. The molecule has 0 unspecified atom stereocenters. The van der Waals surface area contributed by atoms with E-state index in [0.29, 0.717) is 12.3 Å². The number of nitrogens with one attached hydrogen (secondary N) is 1. The number of aryl methyl sites for hydroxylation is 1. The van der Waals surface area contributed by atoms with E-state index in [-0.39, 0.29) is 5.60 Å². The molecular formula is C17H19N3O. The molecule has 4 nitrogen and oxygen atoms in total. The molecule has 0 spiro atoms. The van der Waals surface area contributed by atoms with E-state index in [4.69, 9.17) is 4.74 Å². The van der Waals surface area contributed by atoms with Crippen LogP contribution in [0.3, 0.4) is 0 Å². The molecule has 108 valence electrons. The lowest BCUT2D eigenvalue weighted by Crippen LogP contribution is -2.21. The first kappa shape index (κ1) is 13.7. The van der Waals surface area contributed by atoms with Crippen LogP contribution in [0.15, 0.2) is 30.5 Å². The molecule has 2 aromatic rings. The quantitative estimate of drug-likeness (QED) is 0.873. The Balaban J connectivity index is 2.15. The van der Waals surface area contributed by atoms with E-state index in [0.717, 1.165) is 28.9 Å². The van der Waals surface area contributed by atoms with Crippen molar-refractivity contribution < 1.29 is 4.74 Å². The van der Waals surface area contributed by atoms with Crippen LogP contribution >= 0.6 is 0 Å². The van der Waals surface area contributed by atoms with Crippen LogP contribution in [0.2, 0.25) is 0 Å². The van der Waals surface area contributed by atoms with E-state index in [1.54, 1.807) is 0 Å². The van der Waals surface area contributed by atoms with E-state index in [2.05, 4.69) is 43.4 Å². The van der Waals surface area contributed by atoms with Crippen molar-refractivity contribution in [2.45, 2.75) is 19.4 Å². The van der Waals surface area contributed by atoms with E-state index in [1.165, 1.54) is 0 Å². The van der Waals surface area contributed by atoms with Crippen LogP contribution in [0.4, 0.5) is 5.69 Å². The van der Waals surface area contributed by atoms with Crippen molar-refractivity contribution in [3.8, 4) is 17.2 Å². The number of anilines is 1. The van der Waals surface area contributed by atoms with Crippen molar-refractivity contribution in [1.29, 1.82) is 5.26 Å². The molecule has 4 heteroatoms. The van der Waals surface area contributed by atoms with Crippen molar-refractivity contribution >= 4 is 5.69 Å². The van der Waals surface area contributed by atoms with Gasteiger partial charge in [-0.2, -0.15) is 5.26 Å². The molecule has 0 atom stereocenters. The molecule has 3 rings (SSSR count). The molecule has 1 aromatic heterocycles. The van der Waals surface area contributed by atoms with Gasteiger partial charge in [-0.25, -0.2) is 0 Å². The summed E-state index contributed by atoms with van der Waals surface area (Å²) in [6.07, 6.45) is 1.92. The Morgan fingerprint density at radius 3 is 2.90 bits per heavy atom. The lowest BCUT2D eigenvalue weighted by atomic mass is 9.92. The molecule has 0 aliphatic carbocycles. The van der Waals surface area contributed by atoms with Crippen LogP contribution in [-0.2, 0) is 17.4 Å². The van der Waals surface area contributed by atoms with Crippen LogP contribution in [0, 0.1) is 11.3 Å². The lowest BCUT2D eigenvalue weighted by molar-refractivity contribution is -0.0121. The summed E-state index contributed by atoms with van der Waals surface area (Å²) in [5, 5.41) is 12.7. The fourth-order valence-electron chi connectivity index (χ4n) is 2.84. The summed E-state index contributed by atoms with van der Waals surface area (Å²) >= 11 is 0. The molecule has 0 saturated carbocycles. The minimum absolute atomic E-state index is 0.337. The fraction of sp³-hybridized carbons (Fsp3) is 0.353. The summed E-state index contributed by atoms with van der Waals surface area (Å²) in [4.78, 5) is 0. The lowest BCUT2D eigenvalue weighted by Gasteiger charge is -2.25. The molecule has 1 aliphatic heterocycles. The minimum Gasteiger partial charge on any atom is -0.382 e. The van der Waals surface area contributed by atoms with Crippen molar-refractivity contribution in [2.75, 3.05) is 18.5 Å². The SMILES string of the molecule is Cn1ccc(-c2ccc3c(c2)C(C)(C)OCCN3)c1C#N. The van der Waals surface area contributed by atoms with Gasteiger partial charge in [-0.3, -0.25) is 0 Å². The number of benzene rings is 1. The smallest absolute Gasteiger partial charge is 0.127 e. The van der Waals surface area contributed by atoms with Crippen molar-refractivity contribution in [3.05, 3.63) is 41.7 Å². The number of fused-ring (bicyclic) bond motifs is 1. The Hall–Kier alpha value is -2.25. The van der Waals surface area contributed by atoms with Gasteiger partial charge < -0.3 is 14.6 Å². The van der Waals surface area contributed by atoms with Gasteiger partial charge in [0.2, 0.25) is 0 Å². The van der Waals surface area contributed by atoms with Gasteiger partial charge in [-0.15, -0.1) is 0 Å². The van der Waals surface area contributed by atoms with Crippen LogP contribution in [0.5, 0.6) is 0 Å². The van der Waals surface area contributed by atoms with E-state index in [9.17, 15) is 5.26 Å². The standard InChI is InChI=1S/C17H19N3O/c1-17(2)14-10-12(4-5-15(14)19-7-9-21-17)13-6-8-20(3)16(13)11-18/h4-6,8,10,19H,7,9H2,1-3H3. The first-order valence-corrected chi connectivity index (χ1v) is 7.11. The first-order chi connectivity index (χ1) is 10.0. The molecule has 0 radical (unpaired) electrons. The number of aromatic nitrogens is 1. The normalized spacial score (nSPS) is 16.5. The van der Waals surface area contributed by atoms with Crippen LogP contribution in [0.1, 0.15) is 25.1 Å². The molecule has 0 bridgehead atoms. The van der Waals surface area contributed by atoms with Crippen LogP contribution in [-0.4, -0.2) is 17.7 Å². The Kier molecular flexibility index (Phi) is 3.23. The molecule has 1 N–H and O–H groups in total. The Morgan fingerprint density at radius 2 is 2.14 bits per heavy atom. The minimum atomic E-state index is -0.337. The average molecular weight is 281 g/mol. The van der Waals surface area contributed by atoms with Gasteiger partial charge in [0.15, 0.2) is 0 Å². The number of hydrogen-bond acceptors (Lipinski definition) is 3. The highest BCUT2D eigenvalue weighted by molar-refractivity contribution is 5.73. The van der Waals surface area contributed by atoms with Gasteiger partial charge in [0.05, 0.1) is 12.2 Å². The molecule has 21 heavy (non-hydrogen) atoms. The summed E-state index contributed by atoms with van der Waals surface area (Å²) in [7, 11) is 1.89. The van der Waals surface area contributed by atoms with Crippen molar-refractivity contribution in [3.63, 3.8) is 0 Å². The number of nitrogens with zero attached hydrogens (tertiary/aromatic N) is 2. The Bertz CT molecular complexity index is 722. The van der Waals surface area contributed by atoms with Gasteiger partial charge in [0.1, 0.15) is 11.8 Å². The van der Waals surface area contributed by atoms with E-state index < -0.39 is 0 Å². The maximum atomic E-state index is 9.33. The van der Waals surface area contributed by atoms with E-state index >= 15 is 0 Å². The molecule has 0 saturated heterocycles. The van der Waals surface area contributed by atoms with Gasteiger partial charge in [-0.1, -0.05) is 6.07 Å². The second-order valence-corrected chi connectivity index (χ2v) is 5.85. The summed E-state index contributed by atoms with van der Waals surface area (Å²) in [5.74, 6) is 0. The number of nitriles is 1. The number of rotatable bonds is 1. The highest BCUT2D eigenvalue weighted by Gasteiger charge is 2.27. The zero-order valence-electron chi connectivity index (χ0n) is 12.6. The predicted octanol–water partition coefficient (Wildman–Crippen LogP) is 3.24. The van der Waals surface area contributed by atoms with Crippen molar-refractivity contribution in [2.24, 2.45) is 7.05 Å². The number of hydrogen-bond donors (Lipinski definition) is 1. The zero-order chi connectivity index (χ0) is 15.0. The maximum absolute atomic E-state index is 9.33. The maximum Gasteiger partial charge on any atom is 0.127 e. The second-order valence-electron chi connectivity index (χ2n) is 5.85. The van der Waals surface area contributed by atoms with Crippen LogP contribution < -0.4 is 5.32 Å². The predicted molar refractivity (Wildman–Crippen MR) is 83.0 cm³/mol. The van der Waals surface area contributed by atoms with Gasteiger partial charge >= 0.3 is 0 Å². The topological polar surface area (TPSA) is 50.0 Å². The molecule has 0 fully saturated rings. The Labute approximate surface area is 125 Å². The summed E-state index contributed by atoms with van der Waals surface area (Å²) < 4.78 is 7.78. The molecule has 0 amide bonds. The van der Waals surface area contributed by atoms with Gasteiger partial charge in [0.25, 0.3) is 0 Å². The highest BCUT2D eigenvalue weighted by atomic mass is 16.5. The molecular weight excluding hydrogens is 262 g/mol. The molecule has 2 heterocycles. The third kappa shape index (κ3) is 2.30. The highest BCUT2D eigenvalue weighted by Crippen LogP contribution is 2.36. The Morgan fingerprint density at radius 1 is 1.33 bits per heavy atom. The summed E-state index contributed by atoms with van der Waals surface area (Å²) in [5.41, 5.74) is 4.58. The first-order valence-electron chi connectivity index (χ1n) is 7.11. The van der Waals surface area contributed by atoms with Crippen LogP contribution in [0.25, 0.3) is 11.1 Å². The molecule has 1 aromatic carbocycles. The average Bonchev–Trinajstić information content (AvgIpc) is 2.76. The van der Waals surface area contributed by atoms with E-state index in [1.807, 2.05) is 23.9 Å². The number of ether oxygens (including phenoxy) is 1. The van der Waals surface area contributed by atoms with Gasteiger partial charge in [0, 0.05) is 36.6 Å². The molecule has 1 aliphatic rings. The zero-order valence-corrected chi connectivity index (χ0v) is 12.6. The summed E-state index contributed by atoms with van der Waals surface area (Å²) in [6, 6.07) is 10.5. The third-order valence-corrected chi connectivity index (χ3v) is 4.04. The second kappa shape index (κ2) is 4.94. The van der Waals surface area contributed by atoms with Gasteiger partial charge in [-0.05, 0) is 37.6 Å². The summed E-state index contributed by atoms with van der Waals surface area (Å²) in [6.45, 7) is 5.66. The fourth-order valence-corrected chi connectivity index (χ4v) is 2.84. The largest absolute Gasteiger partial charge is 0.382 e. The monoisotopic (exact) mass is 281 g/mol. The van der Waals surface area contributed by atoms with Crippen molar-refractivity contribution in [1.82, 2.24) is 4.57 Å².